The first-order chi connectivity index (χ1) is 20.8. The van der Waals surface area contributed by atoms with E-state index in [1.165, 1.54) is 18.9 Å². The van der Waals surface area contributed by atoms with E-state index in [1.54, 1.807) is 24.0 Å². The lowest BCUT2D eigenvalue weighted by atomic mass is 9.80. The zero-order valence-corrected chi connectivity index (χ0v) is 25.0. The Labute approximate surface area is 253 Å². The van der Waals surface area contributed by atoms with Crippen LogP contribution < -0.4 is 15.5 Å². The van der Waals surface area contributed by atoms with Crippen LogP contribution in [-0.4, -0.2) is 17.9 Å². The summed E-state index contributed by atoms with van der Waals surface area (Å²) in [4.78, 5) is 30.2. The minimum absolute atomic E-state index is 0.0250. The molecule has 6 rings (SSSR count). The van der Waals surface area contributed by atoms with Crippen molar-refractivity contribution in [3.8, 4) is 0 Å². The molecule has 2 amide bonds. The van der Waals surface area contributed by atoms with Crippen molar-refractivity contribution in [2.75, 3.05) is 15.5 Å². The molecule has 2 atom stereocenters. The van der Waals surface area contributed by atoms with Gasteiger partial charge < -0.3 is 10.6 Å². The molecule has 0 saturated heterocycles. The Morgan fingerprint density at radius 1 is 0.791 bits per heavy atom. The minimum atomic E-state index is -0.645. The van der Waals surface area contributed by atoms with Crippen LogP contribution in [0.1, 0.15) is 69.9 Å². The molecule has 1 heterocycles. The molecule has 1 fully saturated rings. The summed E-state index contributed by atoms with van der Waals surface area (Å²) in [5.74, 6) is -1.82. The topological polar surface area (TPSA) is 61.4 Å². The van der Waals surface area contributed by atoms with E-state index < -0.39 is 23.7 Å². The lowest BCUT2D eigenvalue weighted by Crippen LogP contribution is -2.47. The van der Waals surface area contributed by atoms with Gasteiger partial charge in [-0.25, -0.2) is 4.39 Å². The SMILES string of the molecule is Cc1ccc(NC(=O)[C@H]2Cc3ccccc3N(C(=O)c3c(C)cccc3F)[C@H]2c2ccc(NC3CCCC3)cc2)cc1C. The van der Waals surface area contributed by atoms with Crippen LogP contribution in [0.25, 0.3) is 0 Å². The fraction of sp³-hybridized carbons (Fsp3) is 0.297. The fourth-order valence-corrected chi connectivity index (χ4v) is 6.61. The Kier molecular flexibility index (Phi) is 8.02. The number of hydrogen-bond acceptors (Lipinski definition) is 3. The van der Waals surface area contributed by atoms with Gasteiger partial charge in [-0.05, 0) is 104 Å². The van der Waals surface area contributed by atoms with Crippen LogP contribution in [0.2, 0.25) is 0 Å². The van der Waals surface area contributed by atoms with E-state index in [4.69, 9.17) is 0 Å². The highest BCUT2D eigenvalue weighted by Crippen LogP contribution is 2.44. The predicted octanol–water partition coefficient (Wildman–Crippen LogP) is 8.30. The number of amides is 2. The molecule has 2 N–H and O–H groups in total. The highest BCUT2D eigenvalue weighted by molar-refractivity contribution is 6.09. The molecule has 0 unspecified atom stereocenters. The van der Waals surface area contributed by atoms with Crippen molar-refractivity contribution in [2.45, 2.75) is 65.0 Å². The molecule has 0 radical (unpaired) electrons. The zero-order valence-electron chi connectivity index (χ0n) is 25.0. The molecular formula is C37H38FN3O2. The number of nitrogens with one attached hydrogen (secondary N) is 2. The first-order valence-electron chi connectivity index (χ1n) is 15.2. The number of hydrogen-bond donors (Lipinski definition) is 2. The van der Waals surface area contributed by atoms with Gasteiger partial charge in [0.25, 0.3) is 5.91 Å². The summed E-state index contributed by atoms with van der Waals surface area (Å²) in [7, 11) is 0. The van der Waals surface area contributed by atoms with Crippen LogP contribution in [0.15, 0.2) is 84.9 Å². The van der Waals surface area contributed by atoms with Crippen molar-refractivity contribution >= 4 is 28.9 Å². The molecule has 5 nitrogen and oxygen atoms in total. The van der Waals surface area contributed by atoms with E-state index in [1.807, 2.05) is 80.6 Å². The summed E-state index contributed by atoms with van der Waals surface area (Å²) < 4.78 is 15.3. The fourth-order valence-electron chi connectivity index (χ4n) is 6.61. The van der Waals surface area contributed by atoms with Crippen LogP contribution in [0.5, 0.6) is 0 Å². The Hall–Kier alpha value is -4.45. The van der Waals surface area contributed by atoms with Gasteiger partial charge in [0.2, 0.25) is 5.91 Å². The molecule has 0 bridgehead atoms. The van der Waals surface area contributed by atoms with Crippen molar-refractivity contribution in [2.24, 2.45) is 5.92 Å². The van der Waals surface area contributed by atoms with Crippen molar-refractivity contribution in [1.29, 1.82) is 0 Å². The molecule has 4 aromatic carbocycles. The van der Waals surface area contributed by atoms with Crippen molar-refractivity contribution in [3.63, 3.8) is 0 Å². The molecule has 1 aliphatic carbocycles. The van der Waals surface area contributed by atoms with Crippen molar-refractivity contribution in [3.05, 3.63) is 124 Å². The quantitative estimate of drug-likeness (QED) is 0.243. The predicted molar refractivity (Wildman–Crippen MR) is 171 cm³/mol. The number of nitrogens with zero attached hydrogens (tertiary/aromatic N) is 1. The van der Waals surface area contributed by atoms with E-state index in [0.29, 0.717) is 29.4 Å². The molecule has 1 aliphatic heterocycles. The molecule has 220 valence electrons. The van der Waals surface area contributed by atoms with Crippen molar-refractivity contribution in [1.82, 2.24) is 0 Å². The van der Waals surface area contributed by atoms with E-state index in [9.17, 15) is 9.59 Å². The average Bonchev–Trinajstić information content (AvgIpc) is 3.51. The number of fused-ring (bicyclic) bond motifs is 1. The first-order valence-corrected chi connectivity index (χ1v) is 15.2. The van der Waals surface area contributed by atoms with Gasteiger partial charge in [0.15, 0.2) is 0 Å². The normalized spacial score (nSPS) is 18.3. The van der Waals surface area contributed by atoms with Gasteiger partial charge in [-0.1, -0.05) is 61.4 Å². The summed E-state index contributed by atoms with van der Waals surface area (Å²) >= 11 is 0. The maximum Gasteiger partial charge on any atom is 0.262 e. The molecule has 2 aliphatic rings. The van der Waals surface area contributed by atoms with E-state index >= 15 is 4.39 Å². The standard InChI is InChI=1S/C37H38FN3O2/c1-23-15-18-30(21-25(23)3)40-36(42)31-22-27-10-4-7-14-33(27)41(37(43)34-24(2)9-8-13-32(34)38)35(31)26-16-19-29(20-17-26)39-28-11-5-6-12-28/h4,7-10,13-21,28,31,35,39H,5-6,11-12,22H2,1-3H3,(H,40,42)/t31-,35-/m0/s1. The highest BCUT2D eigenvalue weighted by Gasteiger charge is 2.43. The molecule has 4 aromatic rings. The number of halogens is 1. The number of anilines is 3. The second kappa shape index (κ2) is 12.0. The number of rotatable bonds is 6. The summed E-state index contributed by atoms with van der Waals surface area (Å²) in [6.45, 7) is 5.80. The Morgan fingerprint density at radius 2 is 1.51 bits per heavy atom. The summed E-state index contributed by atoms with van der Waals surface area (Å²) in [6.07, 6.45) is 5.24. The van der Waals surface area contributed by atoms with Gasteiger partial charge in [-0.2, -0.15) is 0 Å². The summed E-state index contributed by atoms with van der Waals surface area (Å²) in [5.41, 5.74) is 6.94. The Balaban J connectivity index is 1.44. The third-order valence-electron chi connectivity index (χ3n) is 9.09. The number of para-hydroxylation sites is 1. The second-order valence-electron chi connectivity index (χ2n) is 12.0. The largest absolute Gasteiger partial charge is 0.382 e. The van der Waals surface area contributed by atoms with Crippen LogP contribution >= 0.6 is 0 Å². The van der Waals surface area contributed by atoms with Gasteiger partial charge in [0.1, 0.15) is 5.82 Å². The van der Waals surface area contributed by atoms with E-state index in [-0.39, 0.29) is 11.5 Å². The third kappa shape index (κ3) is 5.79. The van der Waals surface area contributed by atoms with Crippen molar-refractivity contribution < 1.29 is 14.0 Å². The number of carbonyl (C=O) groups is 2. The van der Waals surface area contributed by atoms with Gasteiger partial charge in [-0.15, -0.1) is 0 Å². The van der Waals surface area contributed by atoms with E-state index in [2.05, 4.69) is 10.6 Å². The maximum atomic E-state index is 15.3. The first kappa shape index (κ1) is 28.7. The summed E-state index contributed by atoms with van der Waals surface area (Å²) in [6, 6.07) is 26.1. The Morgan fingerprint density at radius 3 is 2.23 bits per heavy atom. The number of carbonyl (C=O) groups excluding carboxylic acids is 2. The van der Waals surface area contributed by atoms with Gasteiger partial charge >= 0.3 is 0 Å². The Bertz CT molecular complexity index is 1640. The zero-order chi connectivity index (χ0) is 30.1. The monoisotopic (exact) mass is 575 g/mol. The minimum Gasteiger partial charge on any atom is -0.382 e. The summed E-state index contributed by atoms with van der Waals surface area (Å²) in [5, 5.41) is 6.76. The van der Waals surface area contributed by atoms with Crippen LogP contribution in [0.4, 0.5) is 21.5 Å². The number of benzene rings is 4. The number of aryl methyl sites for hydroxylation is 3. The van der Waals surface area contributed by atoms with Crippen LogP contribution in [0.3, 0.4) is 0 Å². The third-order valence-corrected chi connectivity index (χ3v) is 9.09. The van der Waals surface area contributed by atoms with E-state index in [0.717, 1.165) is 40.8 Å². The average molecular weight is 576 g/mol. The lowest BCUT2D eigenvalue weighted by Gasteiger charge is -2.42. The van der Waals surface area contributed by atoms with Crippen LogP contribution in [0, 0.1) is 32.5 Å². The van der Waals surface area contributed by atoms with Crippen LogP contribution in [-0.2, 0) is 11.2 Å². The molecule has 1 saturated carbocycles. The van der Waals surface area contributed by atoms with Gasteiger partial charge in [0, 0.05) is 23.1 Å². The molecule has 6 heteroatoms. The molecule has 0 spiro atoms. The van der Waals surface area contributed by atoms with Gasteiger partial charge in [-0.3, -0.25) is 14.5 Å². The molecular weight excluding hydrogens is 537 g/mol. The highest BCUT2D eigenvalue weighted by atomic mass is 19.1. The van der Waals surface area contributed by atoms with Gasteiger partial charge in [0.05, 0.1) is 17.5 Å². The lowest BCUT2D eigenvalue weighted by molar-refractivity contribution is -0.120. The smallest absolute Gasteiger partial charge is 0.262 e. The maximum absolute atomic E-state index is 15.3. The second-order valence-corrected chi connectivity index (χ2v) is 12.0. The molecule has 0 aromatic heterocycles. The molecule has 43 heavy (non-hydrogen) atoms.